The lowest BCUT2D eigenvalue weighted by molar-refractivity contribution is -0.137. The molecular weight excluding hydrogens is 283 g/mol. The summed E-state index contributed by atoms with van der Waals surface area (Å²) in [5.41, 5.74) is -0.973. The van der Waals surface area contributed by atoms with Crippen LogP contribution in [0.25, 0.3) is 22.4 Å². The highest BCUT2D eigenvalue weighted by atomic mass is 19.4. The first-order valence-electron chi connectivity index (χ1n) is 6.03. The number of aromatic nitrogens is 1. The first-order chi connectivity index (χ1) is 9.95. The lowest BCUT2D eigenvalue weighted by Crippen LogP contribution is -2.06. The Morgan fingerprint density at radius 2 is 1.76 bits per heavy atom. The van der Waals surface area contributed by atoms with Crippen molar-refractivity contribution < 1.29 is 17.6 Å². The second kappa shape index (κ2) is 4.73. The molecule has 0 aliphatic heterocycles. The smallest absolute Gasteiger partial charge is 0.403 e. The molecule has 0 saturated carbocycles. The van der Waals surface area contributed by atoms with E-state index in [1.165, 1.54) is 12.1 Å². The molecular formula is C15H8F3NO2. The van der Waals surface area contributed by atoms with Gasteiger partial charge in [-0.15, -0.1) is 0 Å². The summed E-state index contributed by atoms with van der Waals surface area (Å²) >= 11 is 0. The van der Waals surface area contributed by atoms with Crippen molar-refractivity contribution in [3.63, 3.8) is 0 Å². The predicted octanol–water partition coefficient (Wildman–Crippen LogP) is 3.87. The SMILES string of the molecule is O=c1oc(-c2cccc(C(F)(F)F)c2)nc2ccccc12. The van der Waals surface area contributed by atoms with Gasteiger partial charge in [0.1, 0.15) is 0 Å². The molecule has 0 radical (unpaired) electrons. The van der Waals surface area contributed by atoms with Gasteiger partial charge in [-0.05, 0) is 30.3 Å². The van der Waals surface area contributed by atoms with E-state index in [-0.39, 0.29) is 16.8 Å². The maximum Gasteiger partial charge on any atom is 0.416 e. The fraction of sp³-hybridized carbons (Fsp3) is 0.0667. The maximum absolute atomic E-state index is 12.7. The summed E-state index contributed by atoms with van der Waals surface area (Å²) in [6.07, 6.45) is -4.47. The number of nitrogens with zero attached hydrogens (tertiary/aromatic N) is 1. The van der Waals surface area contributed by atoms with Gasteiger partial charge in [-0.25, -0.2) is 9.78 Å². The molecule has 1 heterocycles. The highest BCUT2D eigenvalue weighted by Gasteiger charge is 2.30. The zero-order valence-corrected chi connectivity index (χ0v) is 10.5. The first kappa shape index (κ1) is 13.4. The van der Waals surface area contributed by atoms with E-state index in [0.29, 0.717) is 5.52 Å². The number of hydrogen-bond donors (Lipinski definition) is 0. The van der Waals surface area contributed by atoms with Crippen molar-refractivity contribution >= 4 is 10.9 Å². The molecule has 3 aromatic rings. The molecule has 0 amide bonds. The van der Waals surface area contributed by atoms with Gasteiger partial charge < -0.3 is 4.42 Å². The molecule has 1 aromatic heterocycles. The van der Waals surface area contributed by atoms with Gasteiger partial charge in [-0.1, -0.05) is 18.2 Å². The highest BCUT2D eigenvalue weighted by molar-refractivity contribution is 5.78. The number of fused-ring (bicyclic) bond motifs is 1. The summed E-state index contributed by atoms with van der Waals surface area (Å²) < 4.78 is 43.1. The van der Waals surface area contributed by atoms with Crippen molar-refractivity contribution in [1.29, 1.82) is 0 Å². The van der Waals surface area contributed by atoms with Gasteiger partial charge in [-0.2, -0.15) is 13.2 Å². The van der Waals surface area contributed by atoms with Crippen molar-refractivity contribution in [2.75, 3.05) is 0 Å². The van der Waals surface area contributed by atoms with Crippen LogP contribution in [-0.4, -0.2) is 4.98 Å². The van der Waals surface area contributed by atoms with E-state index < -0.39 is 17.4 Å². The molecule has 3 nitrogen and oxygen atoms in total. The van der Waals surface area contributed by atoms with Crippen LogP contribution in [0.3, 0.4) is 0 Å². The van der Waals surface area contributed by atoms with Gasteiger partial charge in [0, 0.05) is 5.56 Å². The molecule has 21 heavy (non-hydrogen) atoms. The van der Waals surface area contributed by atoms with E-state index in [1.807, 2.05) is 0 Å². The number of rotatable bonds is 1. The Hall–Kier alpha value is -2.63. The van der Waals surface area contributed by atoms with Crippen LogP contribution in [0.2, 0.25) is 0 Å². The van der Waals surface area contributed by atoms with E-state index in [4.69, 9.17) is 4.42 Å². The van der Waals surface area contributed by atoms with E-state index in [0.717, 1.165) is 12.1 Å². The normalized spacial score (nSPS) is 11.8. The van der Waals surface area contributed by atoms with Crippen LogP contribution < -0.4 is 5.63 Å². The molecule has 6 heteroatoms. The van der Waals surface area contributed by atoms with E-state index in [9.17, 15) is 18.0 Å². The summed E-state index contributed by atoms with van der Waals surface area (Å²) in [4.78, 5) is 15.9. The van der Waals surface area contributed by atoms with Gasteiger partial charge >= 0.3 is 11.8 Å². The number of para-hydroxylation sites is 1. The first-order valence-corrected chi connectivity index (χ1v) is 6.03. The number of alkyl halides is 3. The number of halogens is 3. The molecule has 0 aliphatic rings. The zero-order chi connectivity index (χ0) is 15.0. The van der Waals surface area contributed by atoms with Crippen LogP contribution in [0.4, 0.5) is 13.2 Å². The van der Waals surface area contributed by atoms with Crippen LogP contribution in [0.5, 0.6) is 0 Å². The average molecular weight is 291 g/mol. The Morgan fingerprint density at radius 3 is 2.52 bits per heavy atom. The Bertz CT molecular complexity index is 868. The minimum Gasteiger partial charge on any atom is -0.403 e. The quantitative estimate of drug-likeness (QED) is 0.683. The number of hydrogen-bond acceptors (Lipinski definition) is 3. The fourth-order valence-electron chi connectivity index (χ4n) is 1.97. The fourth-order valence-corrected chi connectivity index (χ4v) is 1.97. The lowest BCUT2D eigenvalue weighted by atomic mass is 10.1. The van der Waals surface area contributed by atoms with Crippen LogP contribution in [0, 0.1) is 0 Å². The average Bonchev–Trinajstić information content (AvgIpc) is 2.46. The van der Waals surface area contributed by atoms with Crippen molar-refractivity contribution in [3.8, 4) is 11.5 Å². The third-order valence-corrected chi connectivity index (χ3v) is 2.97. The number of benzene rings is 2. The Morgan fingerprint density at radius 1 is 1.00 bits per heavy atom. The Kier molecular flexibility index (Phi) is 3.01. The summed E-state index contributed by atoms with van der Waals surface area (Å²) in [5.74, 6) is -0.134. The molecule has 0 fully saturated rings. The van der Waals surface area contributed by atoms with Gasteiger partial charge in [0.15, 0.2) is 0 Å². The summed E-state index contributed by atoms with van der Waals surface area (Å²) in [6, 6.07) is 11.0. The van der Waals surface area contributed by atoms with Gasteiger partial charge in [0.25, 0.3) is 0 Å². The van der Waals surface area contributed by atoms with Gasteiger partial charge in [-0.3, -0.25) is 0 Å². The topological polar surface area (TPSA) is 43.1 Å². The highest BCUT2D eigenvalue weighted by Crippen LogP contribution is 2.31. The molecule has 0 spiro atoms. The maximum atomic E-state index is 12.7. The molecule has 0 unspecified atom stereocenters. The molecule has 106 valence electrons. The third kappa shape index (κ3) is 2.52. The minimum atomic E-state index is -4.47. The van der Waals surface area contributed by atoms with Crippen LogP contribution in [0.1, 0.15) is 5.56 Å². The van der Waals surface area contributed by atoms with Gasteiger partial charge in [0.05, 0.1) is 16.5 Å². The second-order valence-electron chi connectivity index (χ2n) is 4.40. The predicted molar refractivity (Wildman–Crippen MR) is 70.7 cm³/mol. The molecule has 0 N–H and O–H groups in total. The van der Waals surface area contributed by atoms with Crippen molar-refractivity contribution in [2.45, 2.75) is 6.18 Å². The monoisotopic (exact) mass is 291 g/mol. The minimum absolute atomic E-state index is 0.104. The molecule has 0 aliphatic carbocycles. The standard InChI is InChI=1S/C15H8F3NO2/c16-15(17,18)10-5-3-4-9(8-10)13-19-12-7-2-1-6-11(12)14(20)21-13/h1-8H. The Labute approximate surface area is 116 Å². The third-order valence-electron chi connectivity index (χ3n) is 2.97. The van der Waals surface area contributed by atoms with Crippen LogP contribution in [0.15, 0.2) is 57.7 Å². The van der Waals surface area contributed by atoms with Crippen LogP contribution in [-0.2, 0) is 6.18 Å². The van der Waals surface area contributed by atoms with Crippen molar-refractivity contribution in [1.82, 2.24) is 4.98 Å². The van der Waals surface area contributed by atoms with E-state index in [2.05, 4.69) is 4.98 Å². The van der Waals surface area contributed by atoms with Gasteiger partial charge in [0.2, 0.25) is 5.89 Å². The molecule has 0 saturated heterocycles. The summed E-state index contributed by atoms with van der Waals surface area (Å²) in [7, 11) is 0. The largest absolute Gasteiger partial charge is 0.416 e. The summed E-state index contributed by atoms with van der Waals surface area (Å²) in [6.45, 7) is 0. The summed E-state index contributed by atoms with van der Waals surface area (Å²) in [5, 5.41) is 0.285. The van der Waals surface area contributed by atoms with Crippen molar-refractivity contribution in [3.05, 3.63) is 64.5 Å². The van der Waals surface area contributed by atoms with Crippen LogP contribution >= 0.6 is 0 Å². The van der Waals surface area contributed by atoms with E-state index >= 15 is 0 Å². The molecule has 0 bridgehead atoms. The van der Waals surface area contributed by atoms with Crippen molar-refractivity contribution in [2.24, 2.45) is 0 Å². The lowest BCUT2D eigenvalue weighted by Gasteiger charge is -2.08. The molecule has 2 aromatic carbocycles. The Balaban J connectivity index is 2.19. The zero-order valence-electron chi connectivity index (χ0n) is 10.5. The second-order valence-corrected chi connectivity index (χ2v) is 4.40. The van der Waals surface area contributed by atoms with E-state index in [1.54, 1.807) is 24.3 Å². The molecule has 0 atom stereocenters. The molecule has 3 rings (SSSR count).